The molecule has 1 saturated heterocycles. The van der Waals surface area contributed by atoms with Crippen LogP contribution < -0.4 is 4.90 Å². The second-order valence-corrected chi connectivity index (χ2v) is 6.08. The molecule has 0 saturated carbocycles. The maximum atomic E-state index is 12.4. The lowest BCUT2D eigenvalue weighted by Crippen LogP contribution is -2.44. The van der Waals surface area contributed by atoms with Crippen LogP contribution in [0.4, 0.5) is 5.69 Å². The molecule has 1 aliphatic heterocycles. The van der Waals surface area contributed by atoms with Gasteiger partial charge in [0, 0.05) is 15.8 Å². The Bertz CT molecular complexity index is 592. The van der Waals surface area contributed by atoms with E-state index in [9.17, 15) is 9.59 Å². The first kappa shape index (κ1) is 15.0. The highest BCUT2D eigenvalue weighted by Crippen LogP contribution is 2.27. The van der Waals surface area contributed by atoms with Gasteiger partial charge in [-0.05, 0) is 60.1 Å². The zero-order chi connectivity index (χ0) is 14.7. The zero-order valence-electron chi connectivity index (χ0n) is 11.2. The van der Waals surface area contributed by atoms with Gasteiger partial charge in [-0.15, -0.1) is 0 Å². The lowest BCUT2D eigenvalue weighted by Gasteiger charge is -2.31. The molecule has 1 amide bonds. The van der Waals surface area contributed by atoms with E-state index < -0.39 is 5.92 Å². The number of hydrogen-bond acceptors (Lipinski definition) is 3. The minimum absolute atomic E-state index is 0.170. The van der Waals surface area contributed by atoms with Crippen LogP contribution in [0.1, 0.15) is 24.8 Å². The Kier molecular flexibility index (Phi) is 4.76. The van der Waals surface area contributed by atoms with Gasteiger partial charge in [0.05, 0.1) is 18.4 Å². The molecule has 20 heavy (non-hydrogen) atoms. The van der Waals surface area contributed by atoms with E-state index in [2.05, 4.69) is 22.6 Å². The molecular formula is C15H15IN2O2. The summed E-state index contributed by atoms with van der Waals surface area (Å²) in [7, 11) is 0. The van der Waals surface area contributed by atoms with Gasteiger partial charge in [0.25, 0.3) is 0 Å². The lowest BCUT2D eigenvalue weighted by molar-refractivity contribution is -0.133. The predicted octanol–water partition coefficient (Wildman–Crippen LogP) is 2.83. The number of carbonyl (C=O) groups excluding carboxylic acids is 2. The standard InChI is InChI=1S/C15H15IN2O2/c1-10-4-5-11(9-13(10)16)18-8-2-3-12(15(18)20)14(19)6-7-17/h4-5,9,12H,2-3,6,8H2,1H3/t12-/m0/s1. The Morgan fingerprint density at radius 1 is 1.55 bits per heavy atom. The second kappa shape index (κ2) is 6.35. The summed E-state index contributed by atoms with van der Waals surface area (Å²) in [6.07, 6.45) is 1.16. The molecule has 2 rings (SSSR count). The normalized spacial score (nSPS) is 18.8. The molecule has 5 heteroatoms. The van der Waals surface area contributed by atoms with Gasteiger partial charge in [0.2, 0.25) is 5.91 Å². The topological polar surface area (TPSA) is 61.2 Å². The third kappa shape index (κ3) is 3.01. The van der Waals surface area contributed by atoms with Crippen LogP contribution >= 0.6 is 22.6 Å². The van der Waals surface area contributed by atoms with Crippen molar-refractivity contribution in [2.24, 2.45) is 5.92 Å². The van der Waals surface area contributed by atoms with Gasteiger partial charge in [-0.25, -0.2) is 0 Å². The Morgan fingerprint density at radius 2 is 2.30 bits per heavy atom. The molecule has 0 aromatic heterocycles. The fraction of sp³-hybridized carbons (Fsp3) is 0.400. The van der Waals surface area contributed by atoms with E-state index in [4.69, 9.17) is 5.26 Å². The van der Waals surface area contributed by atoms with Gasteiger partial charge in [-0.2, -0.15) is 5.26 Å². The van der Waals surface area contributed by atoms with E-state index in [1.165, 1.54) is 0 Å². The molecule has 1 fully saturated rings. The van der Waals surface area contributed by atoms with Crippen molar-refractivity contribution in [2.45, 2.75) is 26.2 Å². The summed E-state index contributed by atoms with van der Waals surface area (Å²) >= 11 is 2.24. The van der Waals surface area contributed by atoms with Crippen LogP contribution in [0.25, 0.3) is 0 Å². The zero-order valence-corrected chi connectivity index (χ0v) is 13.4. The summed E-state index contributed by atoms with van der Waals surface area (Å²) in [5.74, 6) is -1.08. The molecule has 4 nitrogen and oxygen atoms in total. The Balaban J connectivity index is 2.24. The number of amides is 1. The first-order chi connectivity index (χ1) is 9.54. The number of aryl methyl sites for hydroxylation is 1. The van der Waals surface area contributed by atoms with E-state index in [1.807, 2.05) is 31.2 Å². The predicted molar refractivity (Wildman–Crippen MR) is 84.2 cm³/mol. The number of nitriles is 1. The maximum absolute atomic E-state index is 12.4. The smallest absolute Gasteiger partial charge is 0.237 e. The lowest BCUT2D eigenvalue weighted by atomic mass is 9.91. The van der Waals surface area contributed by atoms with Crippen LogP contribution in [0.3, 0.4) is 0 Å². The third-order valence-corrected chi connectivity index (χ3v) is 4.71. The highest BCUT2D eigenvalue weighted by molar-refractivity contribution is 14.1. The van der Waals surface area contributed by atoms with Gasteiger partial charge in [-0.1, -0.05) is 6.07 Å². The molecule has 1 aliphatic rings. The van der Waals surface area contributed by atoms with Crippen LogP contribution in [-0.4, -0.2) is 18.2 Å². The third-order valence-electron chi connectivity index (χ3n) is 3.55. The van der Waals surface area contributed by atoms with Crippen LogP contribution in [0.5, 0.6) is 0 Å². The maximum Gasteiger partial charge on any atom is 0.237 e. The Labute approximate surface area is 131 Å². The summed E-state index contributed by atoms with van der Waals surface area (Å²) < 4.78 is 1.10. The average molecular weight is 382 g/mol. The molecule has 0 aliphatic carbocycles. The minimum atomic E-state index is -0.651. The van der Waals surface area contributed by atoms with E-state index >= 15 is 0 Å². The number of anilines is 1. The highest BCUT2D eigenvalue weighted by atomic mass is 127. The van der Waals surface area contributed by atoms with Crippen LogP contribution in [0.2, 0.25) is 0 Å². The van der Waals surface area contributed by atoms with Crippen LogP contribution in [0, 0.1) is 27.7 Å². The summed E-state index contributed by atoms with van der Waals surface area (Å²) in [6, 6.07) is 7.68. The molecule has 1 aromatic carbocycles. The second-order valence-electron chi connectivity index (χ2n) is 4.92. The monoisotopic (exact) mass is 382 g/mol. The number of benzene rings is 1. The minimum Gasteiger partial charge on any atom is -0.312 e. The van der Waals surface area contributed by atoms with E-state index in [0.29, 0.717) is 13.0 Å². The van der Waals surface area contributed by atoms with Crippen LogP contribution in [-0.2, 0) is 9.59 Å². The summed E-state index contributed by atoms with van der Waals surface area (Å²) in [4.78, 5) is 25.9. The molecule has 0 unspecified atom stereocenters. The average Bonchev–Trinajstić information content (AvgIpc) is 2.42. The largest absolute Gasteiger partial charge is 0.312 e. The molecule has 0 spiro atoms. The van der Waals surface area contributed by atoms with Crippen molar-refractivity contribution in [1.82, 2.24) is 0 Å². The van der Waals surface area contributed by atoms with E-state index in [1.54, 1.807) is 4.90 Å². The molecule has 0 bridgehead atoms. The molecule has 1 aromatic rings. The number of carbonyl (C=O) groups is 2. The first-order valence-electron chi connectivity index (χ1n) is 6.52. The van der Waals surface area contributed by atoms with Crippen molar-refractivity contribution in [3.63, 3.8) is 0 Å². The summed E-state index contributed by atoms with van der Waals surface area (Å²) in [6.45, 7) is 2.65. The SMILES string of the molecule is Cc1ccc(N2CCC[C@@H](C(=O)CC#N)C2=O)cc1I. The number of halogens is 1. The molecule has 1 atom stereocenters. The quantitative estimate of drug-likeness (QED) is 0.597. The Hall–Kier alpha value is -1.42. The molecule has 0 N–H and O–H groups in total. The van der Waals surface area contributed by atoms with E-state index in [-0.39, 0.29) is 18.1 Å². The first-order valence-corrected chi connectivity index (χ1v) is 7.59. The van der Waals surface area contributed by atoms with Crippen LogP contribution in [0.15, 0.2) is 18.2 Å². The van der Waals surface area contributed by atoms with Crippen molar-refractivity contribution in [2.75, 3.05) is 11.4 Å². The van der Waals surface area contributed by atoms with Gasteiger partial charge in [-0.3, -0.25) is 9.59 Å². The fourth-order valence-corrected chi connectivity index (χ4v) is 2.88. The van der Waals surface area contributed by atoms with Gasteiger partial charge < -0.3 is 4.90 Å². The summed E-state index contributed by atoms with van der Waals surface area (Å²) in [5, 5.41) is 8.61. The fourth-order valence-electron chi connectivity index (χ4n) is 2.38. The number of hydrogen-bond donors (Lipinski definition) is 0. The van der Waals surface area contributed by atoms with E-state index in [0.717, 1.165) is 21.2 Å². The number of rotatable bonds is 3. The molecular weight excluding hydrogens is 367 g/mol. The van der Waals surface area contributed by atoms with Gasteiger partial charge in [0.1, 0.15) is 0 Å². The number of Topliss-reactive ketones (excluding diaryl/α,β-unsaturated/α-hetero) is 1. The van der Waals surface area contributed by atoms with Crippen molar-refractivity contribution in [3.8, 4) is 6.07 Å². The van der Waals surface area contributed by atoms with Crippen molar-refractivity contribution < 1.29 is 9.59 Å². The molecule has 104 valence electrons. The van der Waals surface area contributed by atoms with Gasteiger partial charge in [0.15, 0.2) is 5.78 Å². The van der Waals surface area contributed by atoms with Gasteiger partial charge >= 0.3 is 0 Å². The van der Waals surface area contributed by atoms with Crippen molar-refractivity contribution >= 4 is 40.0 Å². The van der Waals surface area contributed by atoms with Crippen molar-refractivity contribution in [1.29, 1.82) is 5.26 Å². The number of nitrogens with zero attached hydrogens (tertiary/aromatic N) is 2. The summed E-state index contributed by atoms with van der Waals surface area (Å²) in [5.41, 5.74) is 2.00. The highest BCUT2D eigenvalue weighted by Gasteiger charge is 2.34. The Morgan fingerprint density at radius 3 is 2.95 bits per heavy atom. The molecule has 1 heterocycles. The molecule has 0 radical (unpaired) electrons. The number of ketones is 1. The van der Waals surface area contributed by atoms with Crippen molar-refractivity contribution in [3.05, 3.63) is 27.3 Å². The number of piperidine rings is 1.